The van der Waals surface area contributed by atoms with Gasteiger partial charge in [0, 0.05) is 0 Å². The highest BCUT2D eigenvalue weighted by molar-refractivity contribution is 6.97. The third kappa shape index (κ3) is 3.71. The van der Waals surface area contributed by atoms with Crippen molar-refractivity contribution in [2.24, 2.45) is 0 Å². The number of hydrogen-bond acceptors (Lipinski definition) is 2. The van der Waals surface area contributed by atoms with Crippen molar-refractivity contribution in [2.75, 3.05) is 0 Å². The molecule has 0 aromatic heterocycles. The van der Waals surface area contributed by atoms with Gasteiger partial charge in [-0.3, -0.25) is 0 Å². The van der Waals surface area contributed by atoms with E-state index in [1.165, 1.54) is 0 Å². The summed E-state index contributed by atoms with van der Waals surface area (Å²) in [6.45, 7) is 8.50. The Morgan fingerprint density at radius 1 is 0.810 bits per heavy atom. The van der Waals surface area contributed by atoms with E-state index in [0.717, 1.165) is 10.4 Å². The molecule has 1 N–H and O–H groups in total. The summed E-state index contributed by atoms with van der Waals surface area (Å²) in [7, 11) is -4.62. The van der Waals surface area contributed by atoms with Crippen molar-refractivity contribution in [2.45, 2.75) is 32.3 Å². The van der Waals surface area contributed by atoms with E-state index in [0.29, 0.717) is 0 Å². The Morgan fingerprint density at radius 2 is 1.19 bits per heavy atom. The molecule has 2 rings (SSSR count). The molecule has 0 aliphatic carbocycles. The molecule has 2 aromatic rings. The number of benzene rings is 2. The van der Waals surface area contributed by atoms with Gasteiger partial charge in [-0.25, -0.2) is 0 Å². The molecule has 0 fully saturated rings. The smallest absolute Gasteiger partial charge is 0.280 e. The summed E-state index contributed by atoms with van der Waals surface area (Å²) in [5.74, 6) is 0. The molecule has 0 amide bonds. The summed E-state index contributed by atoms with van der Waals surface area (Å²) < 4.78 is 6.26. The largest absolute Gasteiger partial charge is 0.422 e. The first-order valence-electron chi connectivity index (χ1n) is 7.35. The van der Waals surface area contributed by atoms with Crippen LogP contribution in [-0.4, -0.2) is 27.2 Å². The zero-order chi connectivity index (χ0) is 15.5. The summed E-state index contributed by atoms with van der Waals surface area (Å²) in [6.07, 6.45) is 0. The molecule has 0 aliphatic rings. The lowest BCUT2D eigenvalue weighted by molar-refractivity contribution is 0.263. The summed E-state index contributed by atoms with van der Waals surface area (Å²) in [6, 6.07) is 20.0. The lowest BCUT2D eigenvalue weighted by Crippen LogP contribution is -2.68. The van der Waals surface area contributed by atoms with Crippen LogP contribution in [0.1, 0.15) is 6.92 Å². The van der Waals surface area contributed by atoms with E-state index in [4.69, 9.17) is 4.43 Å². The van der Waals surface area contributed by atoms with E-state index in [1.807, 2.05) is 67.6 Å². The lowest BCUT2D eigenvalue weighted by Gasteiger charge is -2.36. The van der Waals surface area contributed by atoms with Gasteiger partial charge < -0.3 is 9.22 Å². The molecular weight excluding hydrogens is 292 g/mol. The van der Waals surface area contributed by atoms with E-state index >= 15 is 0 Å². The summed E-state index contributed by atoms with van der Waals surface area (Å²) >= 11 is 0. The number of hydrogen-bond donors (Lipinski definition) is 1. The monoisotopic (exact) mass is 316 g/mol. The highest BCUT2D eigenvalue weighted by Crippen LogP contribution is 2.16. The molecule has 0 saturated carbocycles. The highest BCUT2D eigenvalue weighted by atomic mass is 28.4. The topological polar surface area (TPSA) is 29.5 Å². The van der Waals surface area contributed by atoms with Crippen LogP contribution >= 0.6 is 0 Å². The molecule has 21 heavy (non-hydrogen) atoms. The van der Waals surface area contributed by atoms with Gasteiger partial charge in [0.2, 0.25) is 0 Å². The van der Waals surface area contributed by atoms with Gasteiger partial charge in [-0.05, 0) is 36.9 Å². The Kier molecular flexibility index (Phi) is 4.83. The van der Waals surface area contributed by atoms with Crippen LogP contribution in [0, 0.1) is 0 Å². The fraction of sp³-hybridized carbons (Fsp3) is 0.294. The second kappa shape index (κ2) is 6.28. The fourth-order valence-corrected chi connectivity index (χ4v) is 8.11. The zero-order valence-corrected chi connectivity index (χ0v) is 15.2. The van der Waals surface area contributed by atoms with Crippen molar-refractivity contribution in [3.63, 3.8) is 0 Å². The van der Waals surface area contributed by atoms with Crippen LogP contribution in [-0.2, 0) is 4.43 Å². The molecule has 2 nitrogen and oxygen atoms in total. The quantitative estimate of drug-likeness (QED) is 0.859. The average molecular weight is 317 g/mol. The van der Waals surface area contributed by atoms with E-state index in [-0.39, 0.29) is 5.73 Å². The minimum atomic E-state index is -2.90. The molecule has 0 saturated heterocycles. The van der Waals surface area contributed by atoms with Crippen molar-refractivity contribution >= 4 is 27.0 Å². The van der Waals surface area contributed by atoms with Gasteiger partial charge in [0.05, 0.1) is 5.73 Å². The third-order valence-electron chi connectivity index (χ3n) is 3.55. The zero-order valence-electron chi connectivity index (χ0n) is 13.2. The summed E-state index contributed by atoms with van der Waals surface area (Å²) in [4.78, 5) is 11.6. The predicted molar refractivity (Wildman–Crippen MR) is 94.0 cm³/mol. The van der Waals surface area contributed by atoms with Crippen molar-refractivity contribution < 1.29 is 9.22 Å². The first-order chi connectivity index (χ1) is 9.84. The van der Waals surface area contributed by atoms with Crippen LogP contribution in [0.15, 0.2) is 60.7 Å². The molecule has 0 radical (unpaired) electrons. The van der Waals surface area contributed by atoms with E-state index in [1.54, 1.807) is 0 Å². The molecule has 4 heteroatoms. The molecule has 1 atom stereocenters. The minimum Gasteiger partial charge on any atom is -0.422 e. The second-order valence-corrected chi connectivity index (χ2v) is 14.3. The van der Waals surface area contributed by atoms with Gasteiger partial charge in [-0.15, -0.1) is 0 Å². The summed E-state index contributed by atoms with van der Waals surface area (Å²) in [5, 5.41) is 2.00. The van der Waals surface area contributed by atoms with Crippen molar-refractivity contribution in [1.29, 1.82) is 0 Å². The summed E-state index contributed by atoms with van der Waals surface area (Å²) in [5.41, 5.74) is -0.172. The minimum absolute atomic E-state index is 0.172. The molecular formula is C17H24O2Si2. The Morgan fingerprint density at radius 3 is 1.52 bits per heavy atom. The highest BCUT2D eigenvalue weighted by Gasteiger charge is 2.44. The van der Waals surface area contributed by atoms with Crippen LogP contribution < -0.4 is 10.4 Å². The lowest BCUT2D eigenvalue weighted by atomic mass is 10.4. The maximum Gasteiger partial charge on any atom is 0.280 e. The van der Waals surface area contributed by atoms with E-state index in [2.05, 4.69) is 19.6 Å². The Labute approximate surface area is 129 Å². The van der Waals surface area contributed by atoms with Crippen LogP contribution in [0.2, 0.25) is 19.6 Å². The van der Waals surface area contributed by atoms with Crippen molar-refractivity contribution in [3.05, 3.63) is 60.7 Å². The molecule has 0 aliphatic heterocycles. The Bertz CT molecular complexity index is 525. The average Bonchev–Trinajstić information content (AvgIpc) is 2.46. The van der Waals surface area contributed by atoms with Gasteiger partial charge in [0.25, 0.3) is 8.32 Å². The Hall–Kier alpha value is -1.21. The van der Waals surface area contributed by atoms with Gasteiger partial charge in [0.15, 0.2) is 8.32 Å². The van der Waals surface area contributed by atoms with Crippen LogP contribution in [0.5, 0.6) is 0 Å². The third-order valence-corrected chi connectivity index (χ3v) is 8.56. The molecule has 0 bridgehead atoms. The molecule has 2 aromatic carbocycles. The first kappa shape index (κ1) is 16.2. The second-order valence-electron chi connectivity index (χ2n) is 6.37. The number of rotatable bonds is 5. The van der Waals surface area contributed by atoms with Gasteiger partial charge in [-0.2, -0.15) is 0 Å². The normalized spacial score (nSPS) is 14.0. The van der Waals surface area contributed by atoms with Gasteiger partial charge in [0.1, 0.15) is 0 Å². The SMILES string of the molecule is CC(O[Si](C)(C)C)[Si](O)(c1ccccc1)c1ccccc1. The standard InChI is InChI=1S/C17H24O2Si2/c1-15(19-20(2,3)4)21(18,16-11-7-5-8-12-16)17-13-9-6-10-14-17/h5-15,18H,1-4H3. The fourth-order valence-electron chi connectivity index (χ4n) is 2.64. The first-order valence-corrected chi connectivity index (χ1v) is 12.8. The van der Waals surface area contributed by atoms with Gasteiger partial charge >= 0.3 is 0 Å². The van der Waals surface area contributed by atoms with Crippen molar-refractivity contribution in [1.82, 2.24) is 0 Å². The van der Waals surface area contributed by atoms with Gasteiger partial charge in [-0.1, -0.05) is 60.7 Å². The molecule has 112 valence electrons. The van der Waals surface area contributed by atoms with E-state index in [9.17, 15) is 4.80 Å². The molecule has 0 heterocycles. The maximum atomic E-state index is 11.6. The van der Waals surface area contributed by atoms with Crippen molar-refractivity contribution in [3.8, 4) is 0 Å². The van der Waals surface area contributed by atoms with Crippen LogP contribution in [0.4, 0.5) is 0 Å². The molecule has 1 unspecified atom stereocenters. The Balaban J connectivity index is 2.50. The van der Waals surface area contributed by atoms with Crippen LogP contribution in [0.3, 0.4) is 0 Å². The van der Waals surface area contributed by atoms with Crippen LogP contribution in [0.25, 0.3) is 0 Å². The van der Waals surface area contributed by atoms with E-state index < -0.39 is 16.6 Å². The maximum absolute atomic E-state index is 11.6. The predicted octanol–water partition coefficient (Wildman–Crippen LogP) is 2.52. The molecule has 0 spiro atoms.